The highest BCUT2D eigenvalue weighted by Gasteiger charge is 2.31. The number of carboxylic acids is 1. The van der Waals surface area contributed by atoms with Crippen LogP contribution in [0.25, 0.3) is 10.2 Å². The third-order valence-electron chi connectivity index (χ3n) is 4.20. The number of hydrogen-bond donors (Lipinski definition) is 1. The summed E-state index contributed by atoms with van der Waals surface area (Å²) in [6.45, 7) is 0.632. The number of fused-ring (bicyclic) bond motifs is 1. The lowest BCUT2D eigenvalue weighted by Gasteiger charge is -2.15. The van der Waals surface area contributed by atoms with Gasteiger partial charge in [0.25, 0.3) is 0 Å². The Hall–Kier alpha value is -2.16. The summed E-state index contributed by atoms with van der Waals surface area (Å²) in [5.74, 6) is -1.58. The number of thiazole rings is 1. The highest BCUT2D eigenvalue weighted by Crippen LogP contribution is 2.33. The maximum Gasteiger partial charge on any atom is 0.416 e. The van der Waals surface area contributed by atoms with E-state index in [-0.39, 0.29) is 24.4 Å². The van der Waals surface area contributed by atoms with Crippen LogP contribution >= 0.6 is 11.3 Å². The maximum absolute atomic E-state index is 12.7. The van der Waals surface area contributed by atoms with Crippen molar-refractivity contribution in [1.29, 1.82) is 0 Å². The molecule has 2 aromatic rings. The Labute approximate surface area is 145 Å². The number of nitrogens with zero attached hydrogens (tertiary/aromatic N) is 2. The van der Waals surface area contributed by atoms with E-state index in [4.69, 9.17) is 5.11 Å². The van der Waals surface area contributed by atoms with Crippen molar-refractivity contribution >= 4 is 33.4 Å². The van der Waals surface area contributed by atoms with Gasteiger partial charge in [-0.05, 0) is 24.6 Å². The number of aromatic nitrogens is 1. The van der Waals surface area contributed by atoms with Crippen LogP contribution in [-0.2, 0) is 22.2 Å². The third-order valence-corrected chi connectivity index (χ3v) is 5.30. The Bertz CT molecular complexity index is 819. The van der Waals surface area contributed by atoms with Crippen molar-refractivity contribution in [1.82, 2.24) is 9.88 Å². The molecule has 1 aromatic carbocycles. The summed E-state index contributed by atoms with van der Waals surface area (Å²) < 4.78 is 38.8. The molecule has 1 saturated heterocycles. The second kappa shape index (κ2) is 6.62. The van der Waals surface area contributed by atoms with Gasteiger partial charge < -0.3 is 10.0 Å². The zero-order chi connectivity index (χ0) is 18.2. The molecule has 0 bridgehead atoms. The van der Waals surface area contributed by atoms with Crippen LogP contribution in [0.1, 0.15) is 23.4 Å². The van der Waals surface area contributed by atoms with Gasteiger partial charge in [-0.2, -0.15) is 13.2 Å². The summed E-state index contributed by atoms with van der Waals surface area (Å²) in [5, 5.41) is 9.55. The van der Waals surface area contributed by atoms with E-state index < -0.39 is 23.6 Å². The second-order valence-corrected chi connectivity index (χ2v) is 7.07. The van der Waals surface area contributed by atoms with Crippen molar-refractivity contribution in [3.05, 3.63) is 28.8 Å². The lowest BCUT2D eigenvalue weighted by molar-refractivity contribution is -0.141. The standard InChI is InChI=1S/C16H15F3N2O3S/c17-16(18,19)10-1-2-12-11(7-10)20-13(25-12)3-4-14(22)21-6-5-9(8-21)15(23)24/h1-2,7,9H,3-6,8H2,(H,23,24)/t9-/m0/s1. The predicted molar refractivity (Wildman–Crippen MR) is 85.3 cm³/mol. The van der Waals surface area contributed by atoms with E-state index in [1.807, 2.05) is 0 Å². The molecule has 9 heteroatoms. The molecule has 2 heterocycles. The second-order valence-electron chi connectivity index (χ2n) is 5.95. The number of benzene rings is 1. The SMILES string of the molecule is O=C(O)[C@H]1CCN(C(=O)CCc2nc3cc(C(F)(F)F)ccc3s2)C1. The smallest absolute Gasteiger partial charge is 0.416 e. The minimum Gasteiger partial charge on any atom is -0.481 e. The van der Waals surface area contributed by atoms with Gasteiger partial charge in [-0.15, -0.1) is 11.3 Å². The molecular formula is C16H15F3N2O3S. The van der Waals surface area contributed by atoms with Crippen molar-refractivity contribution < 1.29 is 27.9 Å². The van der Waals surface area contributed by atoms with Gasteiger partial charge in [0.05, 0.1) is 26.7 Å². The molecule has 1 fully saturated rings. The number of aliphatic carboxylic acids is 1. The molecule has 0 aliphatic carbocycles. The first-order valence-corrected chi connectivity index (χ1v) is 8.53. The van der Waals surface area contributed by atoms with Gasteiger partial charge in [-0.3, -0.25) is 9.59 Å². The molecule has 25 heavy (non-hydrogen) atoms. The quantitative estimate of drug-likeness (QED) is 0.895. The first kappa shape index (κ1) is 17.7. The van der Waals surface area contributed by atoms with Gasteiger partial charge in [0, 0.05) is 25.9 Å². The van der Waals surface area contributed by atoms with Crippen LogP contribution in [0, 0.1) is 5.92 Å². The number of carboxylic acid groups (broad SMARTS) is 1. The fourth-order valence-corrected chi connectivity index (χ4v) is 3.77. The van der Waals surface area contributed by atoms with Crippen LogP contribution in [0.3, 0.4) is 0 Å². The molecule has 1 N–H and O–H groups in total. The third kappa shape index (κ3) is 3.92. The number of hydrogen-bond acceptors (Lipinski definition) is 4. The number of alkyl halides is 3. The van der Waals surface area contributed by atoms with E-state index in [2.05, 4.69) is 4.98 Å². The fraction of sp³-hybridized carbons (Fsp3) is 0.438. The minimum absolute atomic E-state index is 0.154. The molecule has 5 nitrogen and oxygen atoms in total. The van der Waals surface area contributed by atoms with Crippen LogP contribution < -0.4 is 0 Å². The average molecular weight is 372 g/mol. The van der Waals surface area contributed by atoms with Crippen molar-refractivity contribution in [2.45, 2.75) is 25.4 Å². The Morgan fingerprint density at radius 2 is 2.12 bits per heavy atom. The highest BCUT2D eigenvalue weighted by molar-refractivity contribution is 7.18. The zero-order valence-electron chi connectivity index (χ0n) is 13.0. The maximum atomic E-state index is 12.7. The molecule has 3 rings (SSSR count). The summed E-state index contributed by atoms with van der Waals surface area (Å²) in [7, 11) is 0. The number of amides is 1. The van der Waals surface area contributed by atoms with Gasteiger partial charge in [-0.1, -0.05) is 0 Å². The number of carbonyl (C=O) groups is 2. The minimum atomic E-state index is -4.41. The van der Waals surface area contributed by atoms with Gasteiger partial charge >= 0.3 is 12.1 Å². The summed E-state index contributed by atoms with van der Waals surface area (Å²) >= 11 is 1.26. The highest BCUT2D eigenvalue weighted by atomic mass is 32.1. The molecule has 1 aliphatic heterocycles. The molecule has 0 saturated carbocycles. The monoisotopic (exact) mass is 372 g/mol. The Morgan fingerprint density at radius 3 is 2.76 bits per heavy atom. The van der Waals surface area contributed by atoms with Crippen LogP contribution in [0.15, 0.2) is 18.2 Å². The number of rotatable bonds is 4. The Kier molecular flexibility index (Phi) is 4.68. The Morgan fingerprint density at radius 1 is 1.36 bits per heavy atom. The number of halogens is 3. The predicted octanol–water partition coefficient (Wildman–Crippen LogP) is 3.18. The summed E-state index contributed by atoms with van der Waals surface area (Å²) in [6, 6.07) is 3.42. The topological polar surface area (TPSA) is 70.5 Å². The molecular weight excluding hydrogens is 357 g/mol. The van der Waals surface area contributed by atoms with Gasteiger partial charge in [0.1, 0.15) is 0 Å². The molecule has 0 unspecified atom stereocenters. The van der Waals surface area contributed by atoms with Crippen LogP contribution in [0.5, 0.6) is 0 Å². The lowest BCUT2D eigenvalue weighted by Crippen LogP contribution is -2.30. The molecule has 134 valence electrons. The molecule has 1 aliphatic rings. The zero-order valence-corrected chi connectivity index (χ0v) is 13.9. The number of likely N-dealkylation sites (tertiary alicyclic amines) is 1. The van der Waals surface area contributed by atoms with E-state index in [1.165, 1.54) is 22.3 Å². The Balaban J connectivity index is 1.63. The molecule has 1 aromatic heterocycles. The fourth-order valence-electron chi connectivity index (χ4n) is 2.82. The lowest BCUT2D eigenvalue weighted by atomic mass is 10.1. The van der Waals surface area contributed by atoms with Crippen LogP contribution in [0.2, 0.25) is 0 Å². The van der Waals surface area contributed by atoms with Gasteiger partial charge in [0.15, 0.2) is 0 Å². The van der Waals surface area contributed by atoms with E-state index in [0.717, 1.165) is 12.1 Å². The van der Waals surface area contributed by atoms with Gasteiger partial charge in [-0.25, -0.2) is 4.98 Å². The number of carbonyl (C=O) groups excluding carboxylic acids is 1. The van der Waals surface area contributed by atoms with Crippen molar-refractivity contribution in [2.24, 2.45) is 5.92 Å². The summed E-state index contributed by atoms with van der Waals surface area (Å²) in [4.78, 5) is 28.8. The summed E-state index contributed by atoms with van der Waals surface area (Å²) in [6.07, 6.45) is -3.47. The van der Waals surface area contributed by atoms with Crippen molar-refractivity contribution in [3.8, 4) is 0 Å². The normalized spacial score (nSPS) is 18.0. The van der Waals surface area contributed by atoms with Crippen LogP contribution in [-0.4, -0.2) is 40.0 Å². The van der Waals surface area contributed by atoms with E-state index in [0.29, 0.717) is 29.1 Å². The largest absolute Gasteiger partial charge is 0.481 e. The van der Waals surface area contributed by atoms with E-state index >= 15 is 0 Å². The molecule has 1 atom stereocenters. The van der Waals surface area contributed by atoms with Crippen molar-refractivity contribution in [3.63, 3.8) is 0 Å². The average Bonchev–Trinajstić information content (AvgIpc) is 3.17. The van der Waals surface area contributed by atoms with E-state index in [9.17, 15) is 22.8 Å². The first-order chi connectivity index (χ1) is 11.7. The van der Waals surface area contributed by atoms with Crippen LogP contribution in [0.4, 0.5) is 13.2 Å². The molecule has 0 radical (unpaired) electrons. The summed E-state index contributed by atoms with van der Waals surface area (Å²) in [5.41, 5.74) is -0.473. The number of aryl methyl sites for hydroxylation is 1. The van der Waals surface area contributed by atoms with E-state index in [1.54, 1.807) is 0 Å². The van der Waals surface area contributed by atoms with Gasteiger partial charge in [0.2, 0.25) is 5.91 Å². The molecule has 0 spiro atoms. The first-order valence-electron chi connectivity index (χ1n) is 7.71. The molecule has 1 amide bonds. The van der Waals surface area contributed by atoms with Crippen molar-refractivity contribution in [2.75, 3.05) is 13.1 Å².